The molecule has 33 heavy (non-hydrogen) atoms. The van der Waals surface area contributed by atoms with E-state index in [-0.39, 0.29) is 6.03 Å². The highest BCUT2D eigenvalue weighted by atomic mass is 16.5. The summed E-state index contributed by atoms with van der Waals surface area (Å²) in [6.07, 6.45) is 11.5. The summed E-state index contributed by atoms with van der Waals surface area (Å²) in [5.74, 6) is 1.39. The van der Waals surface area contributed by atoms with E-state index >= 15 is 0 Å². The van der Waals surface area contributed by atoms with Gasteiger partial charge in [0, 0.05) is 48.0 Å². The zero-order chi connectivity index (χ0) is 22.8. The number of ether oxygens (including phenoxy) is 2. The molecular weight excluding hydrogens is 416 g/mol. The lowest BCUT2D eigenvalue weighted by molar-refractivity contribution is 0.199. The maximum absolute atomic E-state index is 12.6. The smallest absolute Gasteiger partial charge is 0.317 e. The number of fused-ring (bicyclic) bond motifs is 1. The number of nitrogens with zero attached hydrogens (tertiary/aromatic N) is 2. The molecule has 0 radical (unpaired) electrons. The van der Waals surface area contributed by atoms with Crippen LogP contribution in [0.5, 0.6) is 11.5 Å². The first-order valence-electron chi connectivity index (χ1n) is 11.6. The molecule has 0 bridgehead atoms. The number of carbonyl (C=O) groups excluding carboxylic acids is 1. The second-order valence-electron chi connectivity index (χ2n) is 8.75. The van der Waals surface area contributed by atoms with Crippen LogP contribution in [-0.4, -0.2) is 54.2 Å². The number of carbonyl (C=O) groups is 1. The normalized spacial score (nSPS) is 16.7. The largest absolute Gasteiger partial charge is 0.493 e. The lowest BCUT2D eigenvalue weighted by Crippen LogP contribution is -2.45. The van der Waals surface area contributed by atoms with Crippen LogP contribution in [0.15, 0.2) is 42.7 Å². The van der Waals surface area contributed by atoms with Gasteiger partial charge in [-0.3, -0.25) is 0 Å². The maximum Gasteiger partial charge on any atom is 0.317 e. The van der Waals surface area contributed by atoms with Crippen LogP contribution in [0, 0.1) is 0 Å². The fourth-order valence-corrected chi connectivity index (χ4v) is 4.88. The zero-order valence-corrected chi connectivity index (χ0v) is 19.2. The average molecular weight is 447 g/mol. The van der Waals surface area contributed by atoms with Crippen molar-refractivity contribution in [2.24, 2.45) is 0 Å². The number of pyridine rings is 1. The highest BCUT2D eigenvalue weighted by Gasteiger charge is 2.23. The van der Waals surface area contributed by atoms with E-state index in [0.717, 1.165) is 53.5 Å². The van der Waals surface area contributed by atoms with Crippen LogP contribution in [0.4, 0.5) is 4.79 Å². The Balaban J connectivity index is 1.37. The minimum absolute atomic E-state index is 0.0635. The summed E-state index contributed by atoms with van der Waals surface area (Å²) < 4.78 is 10.8. The number of benzene rings is 1. The van der Waals surface area contributed by atoms with E-state index in [4.69, 9.17) is 9.47 Å². The first kappa shape index (κ1) is 21.4. The van der Waals surface area contributed by atoms with Crippen molar-refractivity contribution in [2.75, 3.05) is 27.3 Å². The molecule has 1 aromatic carbocycles. The summed E-state index contributed by atoms with van der Waals surface area (Å²) in [6, 6.07) is 8.46. The summed E-state index contributed by atoms with van der Waals surface area (Å²) in [4.78, 5) is 22.5. The molecule has 0 atom stereocenters. The van der Waals surface area contributed by atoms with Gasteiger partial charge in [0.05, 0.1) is 14.2 Å². The van der Waals surface area contributed by atoms with Crippen molar-refractivity contribution in [1.29, 1.82) is 0 Å². The molecule has 2 amide bonds. The van der Waals surface area contributed by atoms with Crippen molar-refractivity contribution < 1.29 is 14.3 Å². The third-order valence-corrected chi connectivity index (χ3v) is 6.77. The van der Waals surface area contributed by atoms with Gasteiger partial charge in [-0.1, -0.05) is 25.0 Å². The summed E-state index contributed by atoms with van der Waals surface area (Å²) >= 11 is 0. The van der Waals surface area contributed by atoms with E-state index in [1.807, 2.05) is 35.5 Å². The maximum atomic E-state index is 12.6. The van der Waals surface area contributed by atoms with Gasteiger partial charge in [0.1, 0.15) is 5.65 Å². The number of aromatic nitrogens is 2. The number of nitrogens with one attached hydrogen (secondary N) is 2. The van der Waals surface area contributed by atoms with Gasteiger partial charge < -0.3 is 24.7 Å². The Hall–Kier alpha value is -3.48. The van der Waals surface area contributed by atoms with E-state index in [1.54, 1.807) is 14.2 Å². The highest BCUT2D eigenvalue weighted by Crippen LogP contribution is 2.35. The number of amides is 2. The average Bonchev–Trinajstić information content (AvgIpc) is 3.53. The Bertz CT molecular complexity index is 1190. The van der Waals surface area contributed by atoms with Gasteiger partial charge in [0.2, 0.25) is 0 Å². The lowest BCUT2D eigenvalue weighted by atomic mass is 9.98. The van der Waals surface area contributed by atoms with Gasteiger partial charge in [0.25, 0.3) is 0 Å². The second-order valence-corrected chi connectivity index (χ2v) is 8.75. The SMILES string of the molecule is COc1ccc(-c2cnc3[nH]cc(C4=CCN(C(=O)NC5CCCC5)CC4)c3c2)cc1OC. The minimum Gasteiger partial charge on any atom is -0.493 e. The molecule has 5 rings (SSSR count). The molecule has 2 N–H and O–H groups in total. The molecule has 1 saturated carbocycles. The van der Waals surface area contributed by atoms with Crippen molar-refractivity contribution >= 4 is 22.6 Å². The van der Waals surface area contributed by atoms with Crippen LogP contribution in [0.25, 0.3) is 27.7 Å². The fourth-order valence-electron chi connectivity index (χ4n) is 4.88. The van der Waals surface area contributed by atoms with Crippen molar-refractivity contribution in [3.8, 4) is 22.6 Å². The van der Waals surface area contributed by atoms with E-state index in [1.165, 1.54) is 18.4 Å². The number of rotatable bonds is 5. The third kappa shape index (κ3) is 4.27. The topological polar surface area (TPSA) is 79.5 Å². The van der Waals surface area contributed by atoms with Crippen LogP contribution >= 0.6 is 0 Å². The van der Waals surface area contributed by atoms with Crippen molar-refractivity contribution in [3.63, 3.8) is 0 Å². The molecule has 1 aliphatic carbocycles. The van der Waals surface area contributed by atoms with Crippen LogP contribution in [0.3, 0.4) is 0 Å². The number of hydrogen-bond donors (Lipinski definition) is 2. The number of urea groups is 1. The lowest BCUT2D eigenvalue weighted by Gasteiger charge is -2.28. The summed E-state index contributed by atoms with van der Waals surface area (Å²) in [6.45, 7) is 1.35. The molecule has 7 heteroatoms. The molecule has 0 unspecified atom stereocenters. The van der Waals surface area contributed by atoms with Crippen molar-refractivity contribution in [2.45, 2.75) is 38.1 Å². The van der Waals surface area contributed by atoms with Gasteiger partial charge in [0.15, 0.2) is 11.5 Å². The first-order chi connectivity index (χ1) is 16.2. The molecule has 1 aliphatic heterocycles. The highest BCUT2D eigenvalue weighted by molar-refractivity contribution is 5.93. The van der Waals surface area contributed by atoms with Gasteiger partial charge in [-0.2, -0.15) is 0 Å². The van der Waals surface area contributed by atoms with Crippen LogP contribution in [-0.2, 0) is 0 Å². The summed E-state index contributed by atoms with van der Waals surface area (Å²) in [5, 5.41) is 4.27. The fraction of sp³-hybridized carbons (Fsp3) is 0.385. The van der Waals surface area contributed by atoms with Crippen LogP contribution < -0.4 is 14.8 Å². The van der Waals surface area contributed by atoms with Crippen molar-refractivity contribution in [3.05, 3.63) is 48.3 Å². The van der Waals surface area contributed by atoms with Crippen molar-refractivity contribution in [1.82, 2.24) is 20.2 Å². The molecule has 2 aliphatic rings. The quantitative estimate of drug-likeness (QED) is 0.579. The minimum atomic E-state index is 0.0635. The molecule has 3 heterocycles. The summed E-state index contributed by atoms with van der Waals surface area (Å²) in [5.41, 5.74) is 5.28. The number of hydrogen-bond acceptors (Lipinski definition) is 4. The molecule has 3 aromatic rings. The second kappa shape index (κ2) is 9.17. The molecule has 172 valence electrons. The molecule has 7 nitrogen and oxygen atoms in total. The third-order valence-electron chi connectivity index (χ3n) is 6.77. The predicted octanol–water partition coefficient (Wildman–Crippen LogP) is 4.99. The Morgan fingerprint density at radius 1 is 1.12 bits per heavy atom. The number of aromatic amines is 1. The first-order valence-corrected chi connectivity index (χ1v) is 11.6. The number of methoxy groups -OCH3 is 2. The van der Waals surface area contributed by atoms with E-state index < -0.39 is 0 Å². The van der Waals surface area contributed by atoms with Crippen LogP contribution in [0.1, 0.15) is 37.7 Å². The Kier molecular flexibility index (Phi) is 5.94. The molecular formula is C26H30N4O3. The van der Waals surface area contributed by atoms with Gasteiger partial charge >= 0.3 is 6.03 Å². The van der Waals surface area contributed by atoms with E-state index in [0.29, 0.717) is 24.1 Å². The molecule has 0 saturated heterocycles. The summed E-state index contributed by atoms with van der Waals surface area (Å²) in [7, 11) is 3.27. The molecule has 0 spiro atoms. The zero-order valence-electron chi connectivity index (χ0n) is 19.2. The van der Waals surface area contributed by atoms with Crippen LogP contribution in [0.2, 0.25) is 0 Å². The Labute approximate surface area is 193 Å². The van der Waals surface area contributed by atoms with Gasteiger partial charge in [-0.05, 0) is 48.6 Å². The predicted molar refractivity (Wildman–Crippen MR) is 130 cm³/mol. The number of H-pyrrole nitrogens is 1. The molecule has 2 aromatic heterocycles. The van der Waals surface area contributed by atoms with Gasteiger partial charge in [-0.25, -0.2) is 9.78 Å². The van der Waals surface area contributed by atoms with E-state index in [2.05, 4.69) is 27.4 Å². The Morgan fingerprint density at radius 3 is 2.67 bits per heavy atom. The van der Waals surface area contributed by atoms with Gasteiger partial charge in [-0.15, -0.1) is 0 Å². The van der Waals surface area contributed by atoms with E-state index in [9.17, 15) is 4.79 Å². The standard InChI is InChI=1S/C26H30N4O3/c1-32-23-8-7-18(14-24(23)33-2)19-13-21-22(16-28-25(21)27-15-19)17-9-11-30(12-10-17)26(31)29-20-5-3-4-6-20/h7-9,13-16,20H,3-6,10-12H2,1-2H3,(H,27,28)(H,29,31). The monoisotopic (exact) mass is 446 g/mol. The molecule has 1 fully saturated rings. The Morgan fingerprint density at radius 2 is 1.94 bits per heavy atom.